The van der Waals surface area contributed by atoms with E-state index in [2.05, 4.69) is 0 Å². The third-order valence-electron chi connectivity index (χ3n) is 6.18. The minimum Gasteiger partial charge on any atom is -0.207 e. The first-order valence-corrected chi connectivity index (χ1v) is 15.2. The van der Waals surface area contributed by atoms with Gasteiger partial charge in [0.05, 0.1) is 4.90 Å². The summed E-state index contributed by atoms with van der Waals surface area (Å²) in [4.78, 5) is 0.493. The molecule has 0 saturated carbocycles. The summed E-state index contributed by atoms with van der Waals surface area (Å²) in [5.74, 6) is -1.35. The summed E-state index contributed by atoms with van der Waals surface area (Å²) in [6.07, 6.45) is 0. The van der Waals surface area contributed by atoms with Crippen molar-refractivity contribution in [2.75, 3.05) is 5.75 Å². The summed E-state index contributed by atoms with van der Waals surface area (Å²) in [5.41, 5.74) is 2.30. The number of nitriles is 2. The van der Waals surface area contributed by atoms with Gasteiger partial charge >= 0.3 is 10.1 Å². The van der Waals surface area contributed by atoms with Gasteiger partial charge in [0.2, 0.25) is 0 Å². The van der Waals surface area contributed by atoms with Crippen molar-refractivity contribution in [3.05, 3.63) is 131 Å². The zero-order valence-corrected chi connectivity index (χ0v) is 23.3. The van der Waals surface area contributed by atoms with Crippen LogP contribution in [0.4, 0.5) is 8.78 Å². The number of benzene rings is 4. The third kappa shape index (κ3) is 6.13. The fourth-order valence-electron chi connectivity index (χ4n) is 4.03. The normalized spacial score (nSPS) is 11.8. The van der Waals surface area contributed by atoms with Crippen molar-refractivity contribution >= 4 is 26.0 Å². The minimum absolute atomic E-state index is 0.110. The van der Waals surface area contributed by atoms with Crippen LogP contribution in [0.3, 0.4) is 0 Å². The second-order valence-electron chi connectivity index (χ2n) is 9.01. The fourth-order valence-corrected chi connectivity index (χ4v) is 9.33. The highest BCUT2D eigenvalue weighted by atomic mass is 32.3. The number of aryl methyl sites for hydroxylation is 2. The summed E-state index contributed by atoms with van der Waals surface area (Å²) in [5, 5.41) is 19.8. The van der Waals surface area contributed by atoms with E-state index in [4.69, 9.17) is 3.63 Å². The second kappa shape index (κ2) is 11.8. The summed E-state index contributed by atoms with van der Waals surface area (Å²) in [7, 11) is -7.67. The van der Waals surface area contributed by atoms with E-state index in [1.54, 1.807) is 36.4 Å². The molecule has 0 heterocycles. The summed E-state index contributed by atoms with van der Waals surface area (Å²) in [6, 6.07) is 27.3. The van der Waals surface area contributed by atoms with Gasteiger partial charge in [0, 0.05) is 15.5 Å². The van der Waals surface area contributed by atoms with E-state index < -0.39 is 32.1 Å². The maximum absolute atomic E-state index is 14.1. The van der Waals surface area contributed by atoms with E-state index in [1.807, 2.05) is 26.0 Å². The molecule has 0 spiro atoms. The van der Waals surface area contributed by atoms with Gasteiger partial charge in [0.15, 0.2) is 0 Å². The Morgan fingerprint density at radius 3 is 1.50 bits per heavy atom. The van der Waals surface area contributed by atoms with Crippen molar-refractivity contribution in [3.8, 4) is 12.1 Å². The maximum atomic E-state index is 14.1. The molecule has 0 aliphatic carbocycles. The molecule has 0 N–H and O–H groups in total. The number of rotatable bonds is 8. The van der Waals surface area contributed by atoms with Gasteiger partial charge in [-0.1, -0.05) is 57.8 Å². The average molecular weight is 575 g/mol. The SMILES string of the molecule is Cc1ccc(C(CS(OS(=O)(=O)c2ccc(C)cc2)(c2ccc(F)cc2)c2ccc(F)cc2)=C(C#N)C#N)cc1. The quantitative estimate of drug-likeness (QED) is 0.202. The van der Waals surface area contributed by atoms with Crippen molar-refractivity contribution < 1.29 is 20.8 Å². The van der Waals surface area contributed by atoms with Crippen molar-refractivity contribution in [1.29, 1.82) is 10.5 Å². The standard InChI is InChI=1S/C31H24F2N2O3S2/c1-22-3-7-24(8-4-22)31(25(19-34)20-35)21-39(28-15-9-26(32)10-16-28,29-17-11-27(33)12-18-29)38-40(36,37)30-13-5-23(2)6-14-30/h3-18H,21H2,1-2H3. The predicted molar refractivity (Wildman–Crippen MR) is 151 cm³/mol. The Morgan fingerprint density at radius 2 is 1.07 bits per heavy atom. The van der Waals surface area contributed by atoms with E-state index in [0.717, 1.165) is 11.1 Å². The molecule has 5 nitrogen and oxygen atoms in total. The number of hydrogen-bond acceptors (Lipinski definition) is 5. The van der Waals surface area contributed by atoms with Crippen LogP contribution in [0.15, 0.2) is 117 Å². The molecule has 0 saturated heterocycles. The lowest BCUT2D eigenvalue weighted by atomic mass is 10.0. The van der Waals surface area contributed by atoms with E-state index in [0.29, 0.717) is 15.4 Å². The molecule has 40 heavy (non-hydrogen) atoms. The molecule has 0 atom stereocenters. The fraction of sp³-hybridized carbons (Fsp3) is 0.0968. The first-order chi connectivity index (χ1) is 19.1. The van der Waals surface area contributed by atoms with Gasteiger partial charge in [-0.05, 0) is 85.6 Å². The zero-order chi connectivity index (χ0) is 28.9. The van der Waals surface area contributed by atoms with Crippen LogP contribution in [0.2, 0.25) is 0 Å². The highest BCUT2D eigenvalue weighted by molar-refractivity contribution is 8.33. The maximum Gasteiger partial charge on any atom is 0.306 e. The smallest absolute Gasteiger partial charge is 0.207 e. The van der Waals surface area contributed by atoms with Crippen LogP contribution >= 0.6 is 10.3 Å². The van der Waals surface area contributed by atoms with Gasteiger partial charge in [0.1, 0.15) is 29.3 Å². The van der Waals surface area contributed by atoms with Crippen molar-refractivity contribution in [3.63, 3.8) is 0 Å². The van der Waals surface area contributed by atoms with Gasteiger partial charge in [-0.25, -0.2) is 12.4 Å². The molecule has 0 bridgehead atoms. The Balaban J connectivity index is 2.05. The molecule has 0 aliphatic rings. The Labute approximate surface area is 234 Å². The van der Waals surface area contributed by atoms with Gasteiger partial charge in [-0.2, -0.15) is 18.9 Å². The summed E-state index contributed by atoms with van der Waals surface area (Å²) >= 11 is 0. The van der Waals surface area contributed by atoms with Crippen molar-refractivity contribution in [1.82, 2.24) is 0 Å². The van der Waals surface area contributed by atoms with Crippen LogP contribution < -0.4 is 0 Å². The minimum atomic E-state index is -4.46. The Kier molecular flexibility index (Phi) is 8.51. The largest absolute Gasteiger partial charge is 0.306 e. The molecule has 0 radical (unpaired) electrons. The molecule has 0 fully saturated rings. The average Bonchev–Trinajstić information content (AvgIpc) is 2.94. The number of nitrogens with zero attached hydrogens (tertiary/aromatic N) is 2. The topological polar surface area (TPSA) is 90.9 Å². The van der Waals surface area contributed by atoms with Crippen molar-refractivity contribution in [2.45, 2.75) is 28.5 Å². The van der Waals surface area contributed by atoms with E-state index >= 15 is 0 Å². The lowest BCUT2D eigenvalue weighted by molar-refractivity contribution is 0.509. The number of halogens is 2. The molecular weight excluding hydrogens is 550 g/mol. The predicted octanol–water partition coefficient (Wildman–Crippen LogP) is 7.63. The Hall–Kier alpha value is -4.28. The molecule has 4 aromatic rings. The van der Waals surface area contributed by atoms with Gasteiger partial charge in [0.25, 0.3) is 0 Å². The molecular formula is C31H24F2N2O3S2. The van der Waals surface area contributed by atoms with Crippen LogP contribution in [-0.4, -0.2) is 14.2 Å². The lowest BCUT2D eigenvalue weighted by Gasteiger charge is -2.40. The molecule has 9 heteroatoms. The first kappa shape index (κ1) is 28.7. The van der Waals surface area contributed by atoms with E-state index in [9.17, 15) is 27.7 Å². The summed E-state index contributed by atoms with van der Waals surface area (Å²) < 4.78 is 62.0. The van der Waals surface area contributed by atoms with Gasteiger partial charge in [-0.15, -0.1) is 0 Å². The van der Waals surface area contributed by atoms with E-state index in [1.165, 1.54) is 60.7 Å². The number of hydrogen-bond donors (Lipinski definition) is 0. The molecule has 0 amide bonds. The second-order valence-corrected chi connectivity index (χ2v) is 13.5. The molecule has 4 aromatic carbocycles. The van der Waals surface area contributed by atoms with Crippen LogP contribution in [0.25, 0.3) is 5.57 Å². The molecule has 0 aromatic heterocycles. The van der Waals surface area contributed by atoms with E-state index in [-0.39, 0.29) is 21.8 Å². The van der Waals surface area contributed by atoms with Crippen LogP contribution in [0, 0.1) is 48.1 Å². The van der Waals surface area contributed by atoms with Gasteiger partial charge in [-0.3, -0.25) is 0 Å². The van der Waals surface area contributed by atoms with Crippen LogP contribution in [-0.2, 0) is 13.7 Å². The zero-order valence-electron chi connectivity index (χ0n) is 21.6. The highest BCUT2D eigenvalue weighted by Gasteiger charge is 2.38. The van der Waals surface area contributed by atoms with Gasteiger partial charge < -0.3 is 0 Å². The Morgan fingerprint density at radius 1 is 0.675 bits per heavy atom. The molecule has 0 unspecified atom stereocenters. The first-order valence-electron chi connectivity index (χ1n) is 12.0. The monoisotopic (exact) mass is 574 g/mol. The Bertz CT molecular complexity index is 1680. The molecule has 4 rings (SSSR count). The van der Waals surface area contributed by atoms with Crippen molar-refractivity contribution in [2.24, 2.45) is 0 Å². The lowest BCUT2D eigenvalue weighted by Crippen LogP contribution is -2.18. The summed E-state index contributed by atoms with van der Waals surface area (Å²) in [6.45, 7) is 3.69. The van der Waals surface area contributed by atoms with Crippen LogP contribution in [0.1, 0.15) is 16.7 Å². The molecule has 202 valence electrons. The van der Waals surface area contributed by atoms with Crippen LogP contribution in [0.5, 0.6) is 0 Å². The number of allylic oxidation sites excluding steroid dienone is 1. The third-order valence-corrected chi connectivity index (χ3v) is 11.4. The molecule has 0 aliphatic heterocycles. The highest BCUT2D eigenvalue weighted by Crippen LogP contribution is 2.66.